The number of allylic oxidation sites excluding steroid dienone is 1. The summed E-state index contributed by atoms with van der Waals surface area (Å²) in [6.07, 6.45) is 4.42. The normalized spacial score (nSPS) is 17.8. The lowest BCUT2D eigenvalue weighted by molar-refractivity contribution is -0.00854. The molecule has 1 fully saturated rings. The first-order chi connectivity index (χ1) is 12.1. The lowest BCUT2D eigenvalue weighted by Gasteiger charge is -2.41. The van der Waals surface area contributed by atoms with Crippen molar-refractivity contribution in [3.05, 3.63) is 34.9 Å². The molecule has 0 spiro atoms. The molecule has 0 radical (unpaired) electrons. The van der Waals surface area contributed by atoms with Gasteiger partial charge in [0.15, 0.2) is 0 Å². The van der Waals surface area contributed by atoms with Crippen molar-refractivity contribution in [1.82, 2.24) is 20.2 Å². The van der Waals surface area contributed by atoms with Crippen LogP contribution in [-0.2, 0) is 11.3 Å². The van der Waals surface area contributed by atoms with Crippen LogP contribution in [0.1, 0.15) is 17.1 Å². The Balaban J connectivity index is 1.44. The number of likely N-dealkylation sites (tertiary alicyclic amines) is 1. The molecule has 2 aromatic rings. The standard InChI is InChI=1S/C17H21N5O3/c1-11-6-16(19-24-11)17-15(12(2)25-20-17)10-22-5-4-13(7-18-22)21-8-14(9-21)23-3/h4,6-7,14H,5,8-10H2,1-3H3. The molecular weight excluding hydrogens is 322 g/mol. The zero-order valence-electron chi connectivity index (χ0n) is 14.6. The Morgan fingerprint density at radius 1 is 1.24 bits per heavy atom. The Hall–Kier alpha value is -2.61. The fourth-order valence-electron chi connectivity index (χ4n) is 2.99. The van der Waals surface area contributed by atoms with E-state index >= 15 is 0 Å². The molecule has 0 aromatic carbocycles. The zero-order valence-corrected chi connectivity index (χ0v) is 14.6. The number of hydrogen-bond donors (Lipinski definition) is 0. The molecule has 2 aromatic heterocycles. The van der Waals surface area contributed by atoms with Crippen molar-refractivity contribution in [1.29, 1.82) is 0 Å². The molecule has 0 amide bonds. The van der Waals surface area contributed by atoms with Crippen LogP contribution in [0.2, 0.25) is 0 Å². The summed E-state index contributed by atoms with van der Waals surface area (Å²) in [5.41, 5.74) is 3.53. The highest BCUT2D eigenvalue weighted by molar-refractivity contribution is 5.78. The Bertz CT molecular complexity index is 816. The van der Waals surface area contributed by atoms with Gasteiger partial charge in [-0.15, -0.1) is 0 Å². The Morgan fingerprint density at radius 3 is 2.72 bits per heavy atom. The average Bonchev–Trinajstić information content (AvgIpc) is 3.15. The van der Waals surface area contributed by atoms with Crippen LogP contribution >= 0.6 is 0 Å². The number of nitrogens with zero attached hydrogens (tertiary/aromatic N) is 5. The number of rotatable bonds is 5. The third kappa shape index (κ3) is 3.05. The first kappa shape index (κ1) is 15.9. The number of ether oxygens (including phenoxy) is 1. The highest BCUT2D eigenvalue weighted by Gasteiger charge is 2.28. The number of aromatic nitrogens is 2. The summed E-state index contributed by atoms with van der Waals surface area (Å²) >= 11 is 0. The predicted molar refractivity (Wildman–Crippen MR) is 90.8 cm³/mol. The van der Waals surface area contributed by atoms with E-state index in [2.05, 4.69) is 26.4 Å². The number of hydrogen-bond acceptors (Lipinski definition) is 8. The van der Waals surface area contributed by atoms with Crippen molar-refractivity contribution < 1.29 is 13.8 Å². The number of methoxy groups -OCH3 is 1. The summed E-state index contributed by atoms with van der Waals surface area (Å²) < 4.78 is 15.8. The molecule has 8 heteroatoms. The van der Waals surface area contributed by atoms with Gasteiger partial charge < -0.3 is 18.7 Å². The molecule has 0 aliphatic carbocycles. The summed E-state index contributed by atoms with van der Waals surface area (Å²) in [6, 6.07) is 1.86. The highest BCUT2D eigenvalue weighted by atomic mass is 16.5. The Morgan fingerprint density at radius 2 is 2.08 bits per heavy atom. The van der Waals surface area contributed by atoms with Crippen molar-refractivity contribution in [2.24, 2.45) is 5.10 Å². The Kier molecular flexibility index (Phi) is 4.04. The van der Waals surface area contributed by atoms with E-state index < -0.39 is 0 Å². The lowest BCUT2D eigenvalue weighted by atomic mass is 10.1. The maximum absolute atomic E-state index is 5.36. The molecular formula is C17H21N5O3. The van der Waals surface area contributed by atoms with Crippen LogP contribution in [0.4, 0.5) is 0 Å². The van der Waals surface area contributed by atoms with E-state index in [-0.39, 0.29) is 0 Å². The van der Waals surface area contributed by atoms with Crippen LogP contribution in [-0.4, -0.2) is 59.3 Å². The fraction of sp³-hybridized carbons (Fsp3) is 0.471. The van der Waals surface area contributed by atoms with Crippen LogP contribution < -0.4 is 0 Å². The Labute approximate surface area is 145 Å². The molecule has 25 heavy (non-hydrogen) atoms. The first-order valence-corrected chi connectivity index (χ1v) is 8.29. The van der Waals surface area contributed by atoms with Crippen molar-refractivity contribution in [3.8, 4) is 11.4 Å². The molecule has 0 N–H and O–H groups in total. The molecule has 1 saturated heterocycles. The first-order valence-electron chi connectivity index (χ1n) is 8.29. The SMILES string of the molecule is COC1CN(C2=CCN(Cc3c(-c4cc(C)on4)noc3C)N=C2)C1. The summed E-state index contributed by atoms with van der Waals surface area (Å²) in [4.78, 5) is 2.27. The summed E-state index contributed by atoms with van der Waals surface area (Å²) in [5, 5.41) is 14.7. The van der Waals surface area contributed by atoms with Crippen LogP contribution in [0.25, 0.3) is 11.4 Å². The summed E-state index contributed by atoms with van der Waals surface area (Å²) in [6.45, 7) is 6.95. The quantitative estimate of drug-likeness (QED) is 0.821. The second kappa shape index (κ2) is 6.36. The van der Waals surface area contributed by atoms with Gasteiger partial charge in [0, 0.05) is 31.8 Å². The molecule has 0 atom stereocenters. The molecule has 0 saturated carbocycles. The van der Waals surface area contributed by atoms with E-state index in [1.165, 1.54) is 0 Å². The van der Waals surface area contributed by atoms with Crippen molar-refractivity contribution >= 4 is 6.21 Å². The van der Waals surface area contributed by atoms with Crippen LogP contribution in [0.5, 0.6) is 0 Å². The predicted octanol–water partition coefficient (Wildman–Crippen LogP) is 1.96. The molecule has 4 heterocycles. The van der Waals surface area contributed by atoms with Gasteiger partial charge in [0.2, 0.25) is 0 Å². The topological polar surface area (TPSA) is 80.1 Å². The maximum atomic E-state index is 5.36. The van der Waals surface area contributed by atoms with Gasteiger partial charge in [-0.1, -0.05) is 10.3 Å². The third-order valence-corrected chi connectivity index (χ3v) is 4.61. The molecule has 4 rings (SSSR count). The van der Waals surface area contributed by atoms with Gasteiger partial charge in [-0.2, -0.15) is 5.10 Å². The monoisotopic (exact) mass is 343 g/mol. The van der Waals surface area contributed by atoms with Gasteiger partial charge in [0.1, 0.15) is 22.9 Å². The van der Waals surface area contributed by atoms with Gasteiger partial charge in [-0.3, -0.25) is 5.01 Å². The molecule has 2 aliphatic rings. The van der Waals surface area contributed by atoms with Gasteiger partial charge in [-0.05, 0) is 19.9 Å². The minimum Gasteiger partial charge on any atom is -0.378 e. The van der Waals surface area contributed by atoms with E-state index in [0.717, 1.165) is 42.4 Å². The molecule has 2 aliphatic heterocycles. The van der Waals surface area contributed by atoms with Crippen molar-refractivity contribution in [3.63, 3.8) is 0 Å². The maximum Gasteiger partial charge on any atom is 0.141 e. The summed E-state index contributed by atoms with van der Waals surface area (Å²) in [5.74, 6) is 1.51. The zero-order chi connectivity index (χ0) is 17.4. The van der Waals surface area contributed by atoms with Gasteiger partial charge >= 0.3 is 0 Å². The second-order valence-corrected chi connectivity index (χ2v) is 6.37. The molecule has 0 bridgehead atoms. The third-order valence-electron chi connectivity index (χ3n) is 4.61. The van der Waals surface area contributed by atoms with E-state index in [9.17, 15) is 0 Å². The number of aryl methyl sites for hydroxylation is 2. The highest BCUT2D eigenvalue weighted by Crippen LogP contribution is 2.27. The number of hydrazone groups is 1. The summed E-state index contributed by atoms with van der Waals surface area (Å²) in [7, 11) is 1.75. The molecule has 132 valence electrons. The van der Waals surface area contributed by atoms with E-state index in [1.807, 2.05) is 31.1 Å². The smallest absolute Gasteiger partial charge is 0.141 e. The van der Waals surface area contributed by atoms with Crippen LogP contribution in [0, 0.1) is 13.8 Å². The molecule has 0 unspecified atom stereocenters. The van der Waals surface area contributed by atoms with Crippen LogP contribution in [0.15, 0.2) is 32.0 Å². The van der Waals surface area contributed by atoms with Gasteiger partial charge in [0.05, 0.1) is 31.1 Å². The molecule has 8 nitrogen and oxygen atoms in total. The van der Waals surface area contributed by atoms with Gasteiger partial charge in [0.25, 0.3) is 0 Å². The van der Waals surface area contributed by atoms with Crippen LogP contribution in [0.3, 0.4) is 0 Å². The lowest BCUT2D eigenvalue weighted by Crippen LogP contribution is -2.51. The minimum absolute atomic E-state index is 0.334. The van der Waals surface area contributed by atoms with E-state index in [4.69, 9.17) is 13.8 Å². The average molecular weight is 343 g/mol. The second-order valence-electron chi connectivity index (χ2n) is 6.37. The van der Waals surface area contributed by atoms with E-state index in [1.54, 1.807) is 7.11 Å². The minimum atomic E-state index is 0.334. The fourth-order valence-corrected chi connectivity index (χ4v) is 2.99. The van der Waals surface area contributed by atoms with Gasteiger partial charge in [-0.25, -0.2) is 0 Å². The van der Waals surface area contributed by atoms with Crippen molar-refractivity contribution in [2.75, 3.05) is 26.7 Å². The largest absolute Gasteiger partial charge is 0.378 e. The van der Waals surface area contributed by atoms with Crippen molar-refractivity contribution in [2.45, 2.75) is 26.5 Å². The van der Waals surface area contributed by atoms with E-state index in [0.29, 0.717) is 24.0 Å².